The van der Waals surface area contributed by atoms with Gasteiger partial charge in [0.1, 0.15) is 0 Å². The molecule has 2 nitrogen and oxygen atoms in total. The maximum absolute atomic E-state index is 5.85. The molecule has 0 fully saturated rings. The lowest BCUT2D eigenvalue weighted by molar-refractivity contribution is 0.640. The molecule has 0 saturated heterocycles. The molecule has 0 aromatic carbocycles. The molecule has 2 atom stereocenters. The SMILES string of the molecule is CC(N)Cc1cccnc1SC(C)C(C)C. The molecule has 0 aliphatic heterocycles. The zero-order valence-electron chi connectivity index (χ0n) is 10.6. The second kappa shape index (κ2) is 6.26. The molecule has 90 valence electrons. The van der Waals surface area contributed by atoms with Gasteiger partial charge in [-0.1, -0.05) is 26.8 Å². The van der Waals surface area contributed by atoms with Crippen LogP contribution in [0.5, 0.6) is 0 Å². The summed E-state index contributed by atoms with van der Waals surface area (Å²) in [6.07, 6.45) is 2.76. The molecule has 0 saturated carbocycles. The van der Waals surface area contributed by atoms with Crippen LogP contribution in [0, 0.1) is 5.92 Å². The average Bonchev–Trinajstić information content (AvgIpc) is 2.20. The first-order valence-electron chi connectivity index (χ1n) is 5.86. The maximum Gasteiger partial charge on any atom is 0.0995 e. The van der Waals surface area contributed by atoms with E-state index >= 15 is 0 Å². The summed E-state index contributed by atoms with van der Waals surface area (Å²) in [7, 11) is 0. The fourth-order valence-electron chi connectivity index (χ4n) is 1.34. The topological polar surface area (TPSA) is 38.9 Å². The Morgan fingerprint density at radius 1 is 1.31 bits per heavy atom. The van der Waals surface area contributed by atoms with Crippen molar-refractivity contribution in [3.05, 3.63) is 23.9 Å². The third kappa shape index (κ3) is 4.14. The van der Waals surface area contributed by atoms with Crippen molar-refractivity contribution < 1.29 is 0 Å². The van der Waals surface area contributed by atoms with Gasteiger partial charge >= 0.3 is 0 Å². The fraction of sp³-hybridized carbons (Fsp3) is 0.615. The van der Waals surface area contributed by atoms with Crippen molar-refractivity contribution in [2.45, 2.75) is 50.4 Å². The first kappa shape index (κ1) is 13.5. The molecule has 1 heterocycles. The van der Waals surface area contributed by atoms with E-state index in [2.05, 4.69) is 31.8 Å². The molecule has 1 aromatic rings. The Morgan fingerprint density at radius 2 is 2.00 bits per heavy atom. The number of pyridine rings is 1. The molecular weight excluding hydrogens is 216 g/mol. The molecule has 1 rings (SSSR count). The van der Waals surface area contributed by atoms with Crippen LogP contribution in [0.25, 0.3) is 0 Å². The number of rotatable bonds is 5. The summed E-state index contributed by atoms with van der Waals surface area (Å²) < 4.78 is 0. The van der Waals surface area contributed by atoms with Gasteiger partial charge in [0, 0.05) is 17.5 Å². The summed E-state index contributed by atoms with van der Waals surface area (Å²) in [6, 6.07) is 4.31. The highest BCUT2D eigenvalue weighted by atomic mass is 32.2. The lowest BCUT2D eigenvalue weighted by Gasteiger charge is -2.17. The van der Waals surface area contributed by atoms with E-state index < -0.39 is 0 Å². The minimum absolute atomic E-state index is 0.193. The standard InChI is InChI=1S/C13H22N2S/c1-9(2)11(4)16-13-12(8-10(3)14)6-5-7-15-13/h5-7,9-11H,8,14H2,1-4H3. The molecule has 0 spiro atoms. The van der Waals surface area contributed by atoms with Crippen LogP contribution < -0.4 is 5.73 Å². The van der Waals surface area contributed by atoms with Crippen molar-refractivity contribution in [2.24, 2.45) is 11.7 Å². The van der Waals surface area contributed by atoms with Gasteiger partial charge < -0.3 is 5.73 Å². The lowest BCUT2D eigenvalue weighted by Crippen LogP contribution is -2.18. The van der Waals surface area contributed by atoms with Gasteiger partial charge in [-0.3, -0.25) is 0 Å². The predicted molar refractivity (Wildman–Crippen MR) is 71.7 cm³/mol. The zero-order chi connectivity index (χ0) is 12.1. The van der Waals surface area contributed by atoms with Gasteiger partial charge in [0.15, 0.2) is 0 Å². The molecule has 2 unspecified atom stereocenters. The van der Waals surface area contributed by atoms with E-state index in [1.165, 1.54) is 5.56 Å². The number of aromatic nitrogens is 1. The number of thioether (sulfide) groups is 1. The lowest BCUT2D eigenvalue weighted by atomic mass is 10.1. The maximum atomic E-state index is 5.85. The summed E-state index contributed by atoms with van der Waals surface area (Å²) in [4.78, 5) is 4.46. The monoisotopic (exact) mass is 238 g/mol. The first-order chi connectivity index (χ1) is 7.50. The minimum Gasteiger partial charge on any atom is -0.328 e. The Labute approximate surface area is 103 Å². The van der Waals surface area contributed by atoms with Crippen molar-refractivity contribution in [1.82, 2.24) is 4.98 Å². The molecule has 0 bridgehead atoms. The van der Waals surface area contributed by atoms with E-state index in [-0.39, 0.29) is 6.04 Å². The third-order valence-electron chi connectivity index (χ3n) is 2.63. The van der Waals surface area contributed by atoms with E-state index in [1.54, 1.807) is 0 Å². The molecule has 0 aliphatic rings. The first-order valence-corrected chi connectivity index (χ1v) is 6.74. The van der Waals surface area contributed by atoms with Crippen LogP contribution in [0.15, 0.2) is 23.4 Å². The Balaban J connectivity index is 2.78. The van der Waals surface area contributed by atoms with Gasteiger partial charge in [0.2, 0.25) is 0 Å². The Bertz CT molecular complexity index is 323. The Kier molecular flexibility index (Phi) is 5.29. The molecule has 0 amide bonds. The smallest absolute Gasteiger partial charge is 0.0995 e. The van der Waals surface area contributed by atoms with Crippen molar-refractivity contribution in [1.29, 1.82) is 0 Å². The number of nitrogens with zero attached hydrogens (tertiary/aromatic N) is 1. The summed E-state index contributed by atoms with van der Waals surface area (Å²) in [5, 5.41) is 1.72. The molecule has 3 heteroatoms. The van der Waals surface area contributed by atoms with Crippen LogP contribution in [0.4, 0.5) is 0 Å². The van der Waals surface area contributed by atoms with Crippen LogP contribution in [0.3, 0.4) is 0 Å². The van der Waals surface area contributed by atoms with Crippen molar-refractivity contribution in [3.63, 3.8) is 0 Å². The Hall–Kier alpha value is -0.540. The molecule has 2 N–H and O–H groups in total. The summed E-state index contributed by atoms with van der Waals surface area (Å²) in [6.45, 7) is 8.77. The van der Waals surface area contributed by atoms with E-state index in [1.807, 2.05) is 30.9 Å². The van der Waals surface area contributed by atoms with Crippen LogP contribution in [-0.4, -0.2) is 16.3 Å². The van der Waals surface area contributed by atoms with Crippen molar-refractivity contribution >= 4 is 11.8 Å². The van der Waals surface area contributed by atoms with E-state index in [0.717, 1.165) is 11.4 Å². The summed E-state index contributed by atoms with van der Waals surface area (Å²) >= 11 is 1.85. The highest BCUT2D eigenvalue weighted by molar-refractivity contribution is 7.99. The summed E-state index contributed by atoms with van der Waals surface area (Å²) in [5.74, 6) is 0.662. The number of nitrogens with two attached hydrogens (primary N) is 1. The highest BCUT2D eigenvalue weighted by Crippen LogP contribution is 2.29. The molecular formula is C13H22N2S. The normalized spacial score (nSPS) is 15.1. The van der Waals surface area contributed by atoms with Gasteiger partial charge in [-0.25, -0.2) is 4.98 Å². The quantitative estimate of drug-likeness (QED) is 0.801. The highest BCUT2D eigenvalue weighted by Gasteiger charge is 2.13. The van der Waals surface area contributed by atoms with E-state index in [4.69, 9.17) is 5.73 Å². The van der Waals surface area contributed by atoms with Gasteiger partial charge in [-0.15, -0.1) is 11.8 Å². The van der Waals surface area contributed by atoms with Gasteiger partial charge in [0.25, 0.3) is 0 Å². The third-order valence-corrected chi connectivity index (χ3v) is 4.14. The molecule has 0 radical (unpaired) electrons. The van der Waals surface area contributed by atoms with Crippen molar-refractivity contribution in [3.8, 4) is 0 Å². The number of hydrogen-bond donors (Lipinski definition) is 1. The van der Waals surface area contributed by atoms with Crippen LogP contribution in [0.2, 0.25) is 0 Å². The summed E-state index contributed by atoms with van der Waals surface area (Å²) in [5.41, 5.74) is 7.12. The largest absolute Gasteiger partial charge is 0.328 e. The van der Waals surface area contributed by atoms with E-state index in [0.29, 0.717) is 11.2 Å². The van der Waals surface area contributed by atoms with Gasteiger partial charge in [-0.2, -0.15) is 0 Å². The minimum atomic E-state index is 0.193. The molecule has 0 aliphatic carbocycles. The van der Waals surface area contributed by atoms with Crippen LogP contribution in [0.1, 0.15) is 33.3 Å². The number of hydrogen-bond acceptors (Lipinski definition) is 3. The van der Waals surface area contributed by atoms with Gasteiger partial charge in [0.05, 0.1) is 5.03 Å². The van der Waals surface area contributed by atoms with E-state index in [9.17, 15) is 0 Å². The van der Waals surface area contributed by atoms with Crippen molar-refractivity contribution in [2.75, 3.05) is 0 Å². The molecule has 1 aromatic heterocycles. The molecule has 16 heavy (non-hydrogen) atoms. The second-order valence-electron chi connectivity index (χ2n) is 4.72. The average molecular weight is 238 g/mol. The van der Waals surface area contributed by atoms with Crippen LogP contribution in [-0.2, 0) is 6.42 Å². The fourth-order valence-corrected chi connectivity index (χ4v) is 2.39. The van der Waals surface area contributed by atoms with Gasteiger partial charge in [-0.05, 0) is 30.9 Å². The Morgan fingerprint density at radius 3 is 2.56 bits per heavy atom. The second-order valence-corrected chi connectivity index (χ2v) is 6.08. The zero-order valence-corrected chi connectivity index (χ0v) is 11.4. The predicted octanol–water partition coefficient (Wildman–Crippen LogP) is 3.11. The van der Waals surface area contributed by atoms with Crippen LogP contribution >= 0.6 is 11.8 Å².